The maximum Gasteiger partial charge on any atom is 0.161 e. The van der Waals surface area contributed by atoms with Crippen LogP contribution in [-0.2, 0) is 11.2 Å². The molecule has 0 aromatic heterocycles. The summed E-state index contributed by atoms with van der Waals surface area (Å²) < 4.78 is 10.6. The van der Waals surface area contributed by atoms with Gasteiger partial charge in [-0.25, -0.2) is 0 Å². The van der Waals surface area contributed by atoms with E-state index < -0.39 is 0 Å². The molecule has 1 atom stereocenters. The van der Waals surface area contributed by atoms with Crippen LogP contribution in [0.25, 0.3) is 0 Å². The number of phenolic OH excluding ortho intramolecular Hbond substituents is 1. The molecule has 0 saturated carbocycles. The molecule has 0 bridgehead atoms. The van der Waals surface area contributed by atoms with Gasteiger partial charge in [-0.3, -0.25) is 0 Å². The molecular weight excluding hydrogens is 276 g/mol. The molecular formula is C16H25ClO3. The Labute approximate surface area is 126 Å². The first-order valence-corrected chi connectivity index (χ1v) is 7.61. The minimum absolute atomic E-state index is 0.179. The normalized spacial score (nSPS) is 12.7. The van der Waals surface area contributed by atoms with E-state index >= 15 is 0 Å². The van der Waals surface area contributed by atoms with Crippen molar-refractivity contribution < 1.29 is 14.6 Å². The summed E-state index contributed by atoms with van der Waals surface area (Å²) in [4.78, 5) is 0. The SMILES string of the molecule is COCCCOc1cc(C[C@@H](CCl)C(C)C)ccc1O. The molecule has 0 spiro atoms. The molecule has 114 valence electrons. The van der Waals surface area contributed by atoms with E-state index in [0.29, 0.717) is 36.7 Å². The van der Waals surface area contributed by atoms with Gasteiger partial charge in [0.25, 0.3) is 0 Å². The summed E-state index contributed by atoms with van der Waals surface area (Å²) in [5.41, 5.74) is 1.14. The van der Waals surface area contributed by atoms with Crippen LogP contribution in [0.4, 0.5) is 0 Å². The highest BCUT2D eigenvalue weighted by Gasteiger charge is 2.14. The monoisotopic (exact) mass is 300 g/mol. The van der Waals surface area contributed by atoms with Gasteiger partial charge in [-0.15, -0.1) is 11.6 Å². The Bertz CT molecular complexity index is 393. The second kappa shape index (κ2) is 9.09. The van der Waals surface area contributed by atoms with Gasteiger partial charge >= 0.3 is 0 Å². The number of hydrogen-bond donors (Lipinski definition) is 1. The molecule has 0 fully saturated rings. The lowest BCUT2D eigenvalue weighted by atomic mass is 9.91. The van der Waals surface area contributed by atoms with Crippen LogP contribution in [-0.4, -0.2) is 31.3 Å². The van der Waals surface area contributed by atoms with Crippen molar-refractivity contribution in [1.82, 2.24) is 0 Å². The lowest BCUT2D eigenvalue weighted by Crippen LogP contribution is -2.13. The smallest absolute Gasteiger partial charge is 0.161 e. The van der Waals surface area contributed by atoms with Gasteiger partial charge in [0, 0.05) is 26.0 Å². The fourth-order valence-electron chi connectivity index (χ4n) is 1.96. The number of methoxy groups -OCH3 is 1. The molecule has 1 aromatic carbocycles. The summed E-state index contributed by atoms with van der Waals surface area (Å²) in [6, 6.07) is 5.52. The van der Waals surface area contributed by atoms with Gasteiger partial charge in [-0.2, -0.15) is 0 Å². The highest BCUT2D eigenvalue weighted by Crippen LogP contribution is 2.29. The maximum atomic E-state index is 9.81. The predicted octanol–water partition coefficient (Wildman–Crippen LogP) is 3.86. The number of rotatable bonds is 9. The second-order valence-electron chi connectivity index (χ2n) is 5.36. The van der Waals surface area contributed by atoms with Gasteiger partial charge in [-0.05, 0) is 36.0 Å². The summed E-state index contributed by atoms with van der Waals surface area (Å²) >= 11 is 6.01. The third kappa shape index (κ3) is 5.59. The zero-order valence-corrected chi connectivity index (χ0v) is 13.3. The van der Waals surface area contributed by atoms with Crippen LogP contribution < -0.4 is 4.74 Å². The molecule has 1 rings (SSSR count). The van der Waals surface area contributed by atoms with Crippen LogP contribution in [0.5, 0.6) is 11.5 Å². The second-order valence-corrected chi connectivity index (χ2v) is 5.67. The van der Waals surface area contributed by atoms with Gasteiger partial charge in [0.15, 0.2) is 11.5 Å². The van der Waals surface area contributed by atoms with E-state index in [4.69, 9.17) is 21.1 Å². The topological polar surface area (TPSA) is 38.7 Å². The van der Waals surface area contributed by atoms with Crippen molar-refractivity contribution in [2.24, 2.45) is 11.8 Å². The number of ether oxygens (including phenoxy) is 2. The van der Waals surface area contributed by atoms with Gasteiger partial charge in [0.1, 0.15) is 0 Å². The minimum atomic E-state index is 0.179. The predicted molar refractivity (Wildman–Crippen MR) is 82.8 cm³/mol. The fourth-order valence-corrected chi connectivity index (χ4v) is 2.42. The minimum Gasteiger partial charge on any atom is -0.504 e. The molecule has 0 aliphatic rings. The summed E-state index contributed by atoms with van der Waals surface area (Å²) in [5.74, 6) is 2.33. The molecule has 0 radical (unpaired) electrons. The van der Waals surface area contributed by atoms with Crippen LogP contribution >= 0.6 is 11.6 Å². The number of aromatic hydroxyl groups is 1. The molecule has 1 N–H and O–H groups in total. The molecule has 4 heteroatoms. The van der Waals surface area contributed by atoms with Crippen molar-refractivity contribution in [3.8, 4) is 11.5 Å². The molecule has 3 nitrogen and oxygen atoms in total. The average Bonchev–Trinajstić information content (AvgIpc) is 2.43. The van der Waals surface area contributed by atoms with Crippen LogP contribution in [0.15, 0.2) is 18.2 Å². The number of halogens is 1. The molecule has 0 amide bonds. The van der Waals surface area contributed by atoms with Gasteiger partial charge < -0.3 is 14.6 Å². The summed E-state index contributed by atoms with van der Waals surface area (Å²) in [5, 5.41) is 9.81. The van der Waals surface area contributed by atoms with Crippen LogP contribution in [0.3, 0.4) is 0 Å². The van der Waals surface area contributed by atoms with E-state index in [2.05, 4.69) is 13.8 Å². The lowest BCUT2D eigenvalue weighted by Gasteiger charge is -2.18. The first kappa shape index (κ1) is 17.1. The van der Waals surface area contributed by atoms with Gasteiger partial charge in [-0.1, -0.05) is 19.9 Å². The summed E-state index contributed by atoms with van der Waals surface area (Å²) in [6.07, 6.45) is 1.70. The van der Waals surface area contributed by atoms with Crippen molar-refractivity contribution in [2.75, 3.05) is 26.2 Å². The standard InChI is InChI=1S/C16H25ClO3/c1-12(2)14(11-17)9-13-5-6-15(18)16(10-13)20-8-4-7-19-3/h5-6,10,12,14,18H,4,7-9,11H2,1-3H3/t14-/m0/s1. The van der Waals surface area contributed by atoms with Crippen molar-refractivity contribution in [1.29, 1.82) is 0 Å². The Hall–Kier alpha value is -0.930. The molecule has 0 unspecified atom stereocenters. The maximum absolute atomic E-state index is 9.81. The number of hydrogen-bond acceptors (Lipinski definition) is 3. The van der Waals surface area contributed by atoms with Crippen molar-refractivity contribution >= 4 is 11.6 Å². The van der Waals surface area contributed by atoms with E-state index in [0.717, 1.165) is 18.4 Å². The summed E-state index contributed by atoms with van der Waals surface area (Å²) in [7, 11) is 1.66. The Balaban J connectivity index is 2.65. The van der Waals surface area contributed by atoms with Gasteiger partial charge in [0.2, 0.25) is 0 Å². The Kier molecular flexibility index (Phi) is 7.78. The molecule has 0 heterocycles. The Morgan fingerprint density at radius 3 is 2.60 bits per heavy atom. The van der Waals surface area contributed by atoms with E-state index in [1.54, 1.807) is 13.2 Å². The Morgan fingerprint density at radius 1 is 1.25 bits per heavy atom. The Morgan fingerprint density at radius 2 is 2.00 bits per heavy atom. The molecule has 0 aliphatic carbocycles. The van der Waals surface area contributed by atoms with E-state index in [1.807, 2.05) is 12.1 Å². The molecule has 0 aliphatic heterocycles. The average molecular weight is 301 g/mol. The highest BCUT2D eigenvalue weighted by atomic mass is 35.5. The van der Waals surface area contributed by atoms with E-state index in [9.17, 15) is 5.11 Å². The molecule has 20 heavy (non-hydrogen) atoms. The first-order valence-electron chi connectivity index (χ1n) is 7.08. The number of phenols is 1. The zero-order valence-electron chi connectivity index (χ0n) is 12.6. The van der Waals surface area contributed by atoms with Crippen molar-refractivity contribution in [3.05, 3.63) is 23.8 Å². The fraction of sp³-hybridized carbons (Fsp3) is 0.625. The molecule has 0 saturated heterocycles. The van der Waals surface area contributed by atoms with E-state index in [-0.39, 0.29) is 5.75 Å². The number of alkyl halides is 1. The highest BCUT2D eigenvalue weighted by molar-refractivity contribution is 6.18. The summed E-state index contributed by atoms with van der Waals surface area (Å²) in [6.45, 7) is 5.54. The lowest BCUT2D eigenvalue weighted by molar-refractivity contribution is 0.170. The molecule has 1 aromatic rings. The quantitative estimate of drug-likeness (QED) is 0.556. The largest absolute Gasteiger partial charge is 0.504 e. The zero-order chi connectivity index (χ0) is 15.0. The number of benzene rings is 1. The van der Waals surface area contributed by atoms with Crippen LogP contribution in [0.2, 0.25) is 0 Å². The first-order chi connectivity index (χ1) is 9.58. The third-order valence-corrected chi connectivity index (χ3v) is 3.81. The van der Waals surface area contributed by atoms with Gasteiger partial charge in [0.05, 0.1) is 6.61 Å². The van der Waals surface area contributed by atoms with Crippen molar-refractivity contribution in [3.63, 3.8) is 0 Å². The van der Waals surface area contributed by atoms with Crippen molar-refractivity contribution in [2.45, 2.75) is 26.7 Å². The van der Waals surface area contributed by atoms with Crippen LogP contribution in [0, 0.1) is 11.8 Å². The third-order valence-electron chi connectivity index (χ3n) is 3.41. The van der Waals surface area contributed by atoms with E-state index in [1.165, 1.54) is 0 Å². The van der Waals surface area contributed by atoms with Crippen LogP contribution in [0.1, 0.15) is 25.8 Å².